The van der Waals surface area contributed by atoms with Gasteiger partial charge in [-0.05, 0) is 45.0 Å². The van der Waals surface area contributed by atoms with Gasteiger partial charge in [-0.15, -0.1) is 0 Å². The molecule has 0 radical (unpaired) electrons. The fourth-order valence-corrected chi connectivity index (χ4v) is 2.91. The second-order valence-corrected chi connectivity index (χ2v) is 6.61. The monoisotopic (exact) mass is 360 g/mol. The Bertz CT molecular complexity index is 1130. The Kier molecular flexibility index (Phi) is 4.24. The van der Waals surface area contributed by atoms with E-state index in [1.165, 1.54) is 0 Å². The van der Waals surface area contributed by atoms with Crippen molar-refractivity contribution in [3.63, 3.8) is 0 Å². The van der Waals surface area contributed by atoms with E-state index < -0.39 is 0 Å². The lowest BCUT2D eigenvalue weighted by atomic mass is 10.2. The summed E-state index contributed by atoms with van der Waals surface area (Å²) in [6.07, 6.45) is 1.70. The lowest BCUT2D eigenvalue weighted by Crippen LogP contribution is -2.14. The zero-order valence-electron chi connectivity index (χ0n) is 15.4. The molecule has 136 valence electrons. The number of nitrogens with one attached hydrogen (secondary N) is 2. The molecule has 0 aliphatic rings. The quantitative estimate of drug-likeness (QED) is 0.565. The van der Waals surface area contributed by atoms with Crippen LogP contribution in [0.25, 0.3) is 22.4 Å². The van der Waals surface area contributed by atoms with E-state index in [1.807, 2.05) is 56.3 Å². The number of fused-ring (bicyclic) bond motifs is 1. The van der Waals surface area contributed by atoms with Gasteiger partial charge in [-0.3, -0.25) is 4.79 Å². The van der Waals surface area contributed by atoms with E-state index in [9.17, 15) is 4.79 Å². The van der Waals surface area contributed by atoms with Crippen LogP contribution in [0.1, 0.15) is 30.0 Å². The summed E-state index contributed by atoms with van der Waals surface area (Å²) in [7, 11) is 0. The molecule has 4 rings (SSSR count). The molecule has 0 saturated heterocycles. The molecule has 3 aromatic heterocycles. The fraction of sp³-hybridized carbons (Fsp3) is 0.190. The molecule has 0 fully saturated rings. The second-order valence-electron chi connectivity index (χ2n) is 6.61. The molecule has 27 heavy (non-hydrogen) atoms. The normalized spacial score (nSPS) is 12.3. The van der Waals surface area contributed by atoms with Crippen LogP contribution >= 0.6 is 0 Å². The highest BCUT2D eigenvalue weighted by Crippen LogP contribution is 2.26. The highest BCUT2D eigenvalue weighted by molar-refractivity contribution is 5.77. The Balaban J connectivity index is 1.54. The maximum Gasteiger partial charge on any atom is 0.254 e. The van der Waals surface area contributed by atoms with E-state index in [2.05, 4.69) is 20.3 Å². The molecule has 0 saturated carbocycles. The molecular weight excluding hydrogens is 340 g/mol. The Hall–Kier alpha value is -3.41. The average molecular weight is 360 g/mol. The molecule has 4 aromatic rings. The largest absolute Gasteiger partial charge is 0.459 e. The molecular formula is C21H20N4O2. The number of hydrogen-bond acceptors (Lipinski definition) is 5. The van der Waals surface area contributed by atoms with Crippen LogP contribution in [-0.2, 0) is 0 Å². The number of anilines is 1. The molecule has 0 amide bonds. The van der Waals surface area contributed by atoms with Gasteiger partial charge in [0, 0.05) is 28.4 Å². The van der Waals surface area contributed by atoms with Gasteiger partial charge in [0.05, 0.1) is 6.04 Å². The van der Waals surface area contributed by atoms with Gasteiger partial charge in [-0.1, -0.05) is 18.2 Å². The van der Waals surface area contributed by atoms with Crippen LogP contribution in [0.4, 0.5) is 5.82 Å². The van der Waals surface area contributed by atoms with Gasteiger partial charge in [0.2, 0.25) is 0 Å². The first kappa shape index (κ1) is 17.0. The van der Waals surface area contributed by atoms with Crippen molar-refractivity contribution in [1.29, 1.82) is 0 Å². The molecule has 0 spiro atoms. The van der Waals surface area contributed by atoms with Crippen molar-refractivity contribution in [2.45, 2.75) is 26.8 Å². The topological polar surface area (TPSA) is 83.8 Å². The van der Waals surface area contributed by atoms with Crippen molar-refractivity contribution in [3.8, 4) is 11.4 Å². The molecule has 0 aliphatic carbocycles. The van der Waals surface area contributed by atoms with Crippen molar-refractivity contribution in [1.82, 2.24) is 15.0 Å². The summed E-state index contributed by atoms with van der Waals surface area (Å²) in [6, 6.07) is 13.7. The van der Waals surface area contributed by atoms with Gasteiger partial charge in [-0.2, -0.15) is 0 Å². The van der Waals surface area contributed by atoms with Crippen LogP contribution < -0.4 is 10.9 Å². The lowest BCUT2D eigenvalue weighted by Gasteiger charge is -2.12. The van der Waals surface area contributed by atoms with Crippen molar-refractivity contribution in [3.05, 3.63) is 76.0 Å². The van der Waals surface area contributed by atoms with Crippen molar-refractivity contribution in [2.75, 3.05) is 5.32 Å². The number of para-hydroxylation sites is 1. The third kappa shape index (κ3) is 3.33. The van der Waals surface area contributed by atoms with Gasteiger partial charge in [-0.25, -0.2) is 9.97 Å². The Morgan fingerprint density at radius 1 is 1.15 bits per heavy atom. The third-order valence-corrected chi connectivity index (χ3v) is 4.67. The van der Waals surface area contributed by atoms with Crippen molar-refractivity contribution < 1.29 is 4.42 Å². The Morgan fingerprint density at radius 3 is 2.67 bits per heavy atom. The van der Waals surface area contributed by atoms with Gasteiger partial charge >= 0.3 is 0 Å². The summed E-state index contributed by atoms with van der Waals surface area (Å²) >= 11 is 0. The molecule has 1 aromatic carbocycles. The number of pyridine rings is 1. The Morgan fingerprint density at radius 2 is 1.96 bits per heavy atom. The third-order valence-electron chi connectivity index (χ3n) is 4.67. The lowest BCUT2D eigenvalue weighted by molar-refractivity contribution is 0.525. The van der Waals surface area contributed by atoms with E-state index in [0.717, 1.165) is 33.8 Å². The molecule has 3 heterocycles. The fourth-order valence-electron chi connectivity index (χ4n) is 2.91. The number of aromatic nitrogens is 3. The summed E-state index contributed by atoms with van der Waals surface area (Å²) in [5.41, 5.74) is 2.85. The zero-order valence-corrected chi connectivity index (χ0v) is 15.4. The molecule has 6 nitrogen and oxygen atoms in total. The van der Waals surface area contributed by atoms with Crippen molar-refractivity contribution >= 4 is 16.8 Å². The number of nitrogens with zero attached hydrogens (tertiary/aromatic N) is 2. The molecule has 1 atom stereocenters. The number of aromatic amines is 1. The highest BCUT2D eigenvalue weighted by Gasteiger charge is 2.12. The number of aryl methyl sites for hydroxylation is 1. The van der Waals surface area contributed by atoms with Crippen LogP contribution in [0.2, 0.25) is 0 Å². The molecule has 0 aliphatic heterocycles. The first-order valence-electron chi connectivity index (χ1n) is 8.80. The summed E-state index contributed by atoms with van der Waals surface area (Å²) in [5.74, 6) is 2.09. The minimum atomic E-state index is -0.127. The summed E-state index contributed by atoms with van der Waals surface area (Å²) in [5, 5.41) is 4.41. The Labute approximate surface area is 156 Å². The molecule has 1 unspecified atom stereocenters. The van der Waals surface area contributed by atoms with Crippen LogP contribution in [0.3, 0.4) is 0 Å². The number of H-pyrrole nitrogens is 1. The smallest absolute Gasteiger partial charge is 0.254 e. The minimum Gasteiger partial charge on any atom is -0.459 e. The first-order chi connectivity index (χ1) is 13.0. The van der Waals surface area contributed by atoms with Gasteiger partial charge in [0.1, 0.15) is 23.0 Å². The number of benzene rings is 1. The van der Waals surface area contributed by atoms with Crippen LogP contribution in [0.5, 0.6) is 0 Å². The summed E-state index contributed by atoms with van der Waals surface area (Å²) in [4.78, 5) is 23.6. The minimum absolute atomic E-state index is 0.0321. The highest BCUT2D eigenvalue weighted by atomic mass is 16.3. The molecule has 2 N–H and O–H groups in total. The summed E-state index contributed by atoms with van der Waals surface area (Å²) < 4.78 is 5.89. The van der Waals surface area contributed by atoms with E-state index in [0.29, 0.717) is 11.4 Å². The number of rotatable bonds is 4. The van der Waals surface area contributed by atoms with Crippen LogP contribution in [-0.4, -0.2) is 15.0 Å². The van der Waals surface area contributed by atoms with E-state index in [1.54, 1.807) is 13.1 Å². The van der Waals surface area contributed by atoms with Gasteiger partial charge in [0.15, 0.2) is 0 Å². The van der Waals surface area contributed by atoms with Crippen LogP contribution in [0.15, 0.2) is 57.9 Å². The van der Waals surface area contributed by atoms with Crippen molar-refractivity contribution in [2.24, 2.45) is 0 Å². The van der Waals surface area contributed by atoms with E-state index in [-0.39, 0.29) is 11.6 Å². The van der Waals surface area contributed by atoms with Crippen LogP contribution in [0, 0.1) is 13.8 Å². The SMILES string of the molecule is Cc1nc(-c2ccc(NC(C)c3cc4ccccc4o3)nc2)[nH]c(=O)c1C. The number of hydrogen-bond donors (Lipinski definition) is 2. The van der Waals surface area contributed by atoms with E-state index >= 15 is 0 Å². The molecule has 6 heteroatoms. The standard InChI is InChI=1S/C21H20N4O2/c1-12-13(2)24-20(25-21(12)26)16-8-9-19(22-11-16)23-14(3)18-10-15-6-4-5-7-17(15)27-18/h4-11,14H,1-3H3,(H,22,23)(H,24,25,26). The molecule has 0 bridgehead atoms. The average Bonchev–Trinajstić information content (AvgIpc) is 3.11. The predicted octanol–water partition coefficient (Wildman–Crippen LogP) is 4.37. The first-order valence-corrected chi connectivity index (χ1v) is 8.80. The predicted molar refractivity (Wildman–Crippen MR) is 106 cm³/mol. The zero-order chi connectivity index (χ0) is 19.0. The summed E-state index contributed by atoms with van der Waals surface area (Å²) in [6.45, 7) is 5.61. The van der Waals surface area contributed by atoms with Gasteiger partial charge < -0.3 is 14.7 Å². The number of furan rings is 1. The van der Waals surface area contributed by atoms with E-state index in [4.69, 9.17) is 4.42 Å². The van der Waals surface area contributed by atoms with Gasteiger partial charge in [0.25, 0.3) is 5.56 Å². The maximum absolute atomic E-state index is 11.9. The maximum atomic E-state index is 11.9. The second kappa shape index (κ2) is 6.72.